The van der Waals surface area contributed by atoms with Crippen LogP contribution in [0.2, 0.25) is 0 Å². The van der Waals surface area contributed by atoms with E-state index in [1.807, 2.05) is 0 Å². The van der Waals surface area contributed by atoms with Crippen LogP contribution in [-0.4, -0.2) is 27.8 Å². The molecule has 1 aromatic rings. The van der Waals surface area contributed by atoms with Crippen LogP contribution < -0.4 is 0 Å². The fraction of sp³-hybridized carbons (Fsp3) is 0.500. The number of carbonyl (C=O) groups is 1. The van der Waals surface area contributed by atoms with Gasteiger partial charge in [-0.3, -0.25) is 0 Å². The number of hydrogen-bond donors (Lipinski definition) is 1. The molecule has 1 heterocycles. The Kier molecular flexibility index (Phi) is 3.40. The lowest BCUT2D eigenvalue weighted by Gasteiger charge is -2.00. The zero-order chi connectivity index (χ0) is 11.5. The van der Waals surface area contributed by atoms with Gasteiger partial charge >= 0.3 is 5.97 Å². The first-order chi connectivity index (χ1) is 7.66. The Labute approximate surface area is 94.9 Å². The van der Waals surface area contributed by atoms with Crippen molar-refractivity contribution in [1.82, 2.24) is 0 Å². The Balaban J connectivity index is 1.84. The van der Waals surface area contributed by atoms with Gasteiger partial charge in [-0.15, -0.1) is 0 Å². The monoisotopic (exact) mass is 244 g/mol. The third-order valence-corrected chi connectivity index (χ3v) is 3.31. The minimum atomic E-state index is -1.42. The SMILES string of the molecule is O=C(O)c1ccc(S(=O)COCC2CC2)o1. The number of hydrogen-bond acceptors (Lipinski definition) is 4. The van der Waals surface area contributed by atoms with E-state index < -0.39 is 16.8 Å². The van der Waals surface area contributed by atoms with Crippen LogP contribution in [0.25, 0.3) is 0 Å². The van der Waals surface area contributed by atoms with Gasteiger partial charge in [0, 0.05) is 0 Å². The number of furan rings is 1. The average Bonchev–Trinajstić information content (AvgIpc) is 2.93. The van der Waals surface area contributed by atoms with E-state index in [4.69, 9.17) is 14.3 Å². The van der Waals surface area contributed by atoms with Crippen molar-refractivity contribution < 1.29 is 23.3 Å². The Morgan fingerprint density at radius 1 is 1.56 bits per heavy atom. The lowest BCUT2D eigenvalue weighted by atomic mass is 10.5. The van der Waals surface area contributed by atoms with Gasteiger partial charge in [0.25, 0.3) is 0 Å². The molecule has 6 heteroatoms. The van der Waals surface area contributed by atoms with Crippen molar-refractivity contribution in [3.63, 3.8) is 0 Å². The summed E-state index contributed by atoms with van der Waals surface area (Å²) < 4.78 is 21.7. The lowest BCUT2D eigenvalue weighted by molar-refractivity contribution is 0.0656. The third kappa shape index (κ3) is 2.93. The Morgan fingerprint density at radius 2 is 2.31 bits per heavy atom. The summed E-state index contributed by atoms with van der Waals surface area (Å²) in [6.45, 7) is 0.623. The highest BCUT2D eigenvalue weighted by atomic mass is 32.2. The maximum Gasteiger partial charge on any atom is 0.371 e. The second-order valence-corrected chi connectivity index (χ2v) is 5.03. The van der Waals surface area contributed by atoms with Crippen LogP contribution in [0.3, 0.4) is 0 Å². The van der Waals surface area contributed by atoms with E-state index in [-0.39, 0.29) is 16.8 Å². The first-order valence-electron chi connectivity index (χ1n) is 4.96. The number of carboxylic acids is 1. The summed E-state index contributed by atoms with van der Waals surface area (Å²) >= 11 is 0. The van der Waals surface area contributed by atoms with Gasteiger partial charge in [-0.1, -0.05) is 0 Å². The molecule has 1 N–H and O–H groups in total. The summed E-state index contributed by atoms with van der Waals surface area (Å²) in [5.74, 6) is -0.695. The summed E-state index contributed by atoms with van der Waals surface area (Å²) in [6.07, 6.45) is 2.35. The van der Waals surface area contributed by atoms with Gasteiger partial charge < -0.3 is 14.3 Å². The molecule has 0 radical (unpaired) electrons. The third-order valence-electron chi connectivity index (χ3n) is 2.26. The predicted molar refractivity (Wildman–Crippen MR) is 55.6 cm³/mol. The molecule has 16 heavy (non-hydrogen) atoms. The molecule has 1 fully saturated rings. The molecular weight excluding hydrogens is 232 g/mol. The van der Waals surface area contributed by atoms with Crippen LogP contribution in [0, 0.1) is 5.92 Å². The van der Waals surface area contributed by atoms with E-state index in [9.17, 15) is 9.00 Å². The van der Waals surface area contributed by atoms with E-state index in [0.29, 0.717) is 12.5 Å². The van der Waals surface area contributed by atoms with Crippen LogP contribution >= 0.6 is 0 Å². The van der Waals surface area contributed by atoms with E-state index in [1.165, 1.54) is 25.0 Å². The van der Waals surface area contributed by atoms with Crippen molar-refractivity contribution in [2.45, 2.75) is 17.9 Å². The summed E-state index contributed by atoms with van der Waals surface area (Å²) in [7, 11) is -1.42. The van der Waals surface area contributed by atoms with Gasteiger partial charge in [0.2, 0.25) is 5.76 Å². The predicted octanol–water partition coefficient (Wildman–Crippen LogP) is 1.47. The second-order valence-electron chi connectivity index (χ2n) is 3.70. The van der Waals surface area contributed by atoms with E-state index >= 15 is 0 Å². The van der Waals surface area contributed by atoms with Crippen LogP contribution in [0.4, 0.5) is 0 Å². The summed E-state index contributed by atoms with van der Waals surface area (Å²) in [6, 6.07) is 2.69. The highest BCUT2D eigenvalue weighted by Crippen LogP contribution is 2.28. The molecule has 0 amide bonds. The van der Waals surface area contributed by atoms with Gasteiger partial charge in [-0.05, 0) is 30.9 Å². The van der Waals surface area contributed by atoms with E-state index in [2.05, 4.69) is 0 Å². The first kappa shape index (κ1) is 11.3. The molecule has 88 valence electrons. The molecule has 5 nitrogen and oxygen atoms in total. The fourth-order valence-electron chi connectivity index (χ4n) is 1.19. The lowest BCUT2D eigenvalue weighted by Crippen LogP contribution is -2.04. The van der Waals surface area contributed by atoms with Crippen LogP contribution in [0.1, 0.15) is 23.4 Å². The van der Waals surface area contributed by atoms with Gasteiger partial charge in [0.05, 0.1) is 6.61 Å². The molecule has 1 aliphatic carbocycles. The summed E-state index contributed by atoms with van der Waals surface area (Å²) in [5, 5.41) is 8.76. The van der Waals surface area contributed by atoms with Crippen molar-refractivity contribution >= 4 is 16.8 Å². The Bertz CT molecular complexity index is 407. The van der Waals surface area contributed by atoms with E-state index in [1.54, 1.807) is 0 Å². The number of carboxylic acid groups (broad SMARTS) is 1. The molecular formula is C10H12O5S. The van der Waals surface area contributed by atoms with Crippen molar-refractivity contribution in [3.8, 4) is 0 Å². The molecule has 1 saturated carbocycles. The first-order valence-corrected chi connectivity index (χ1v) is 6.28. The maximum atomic E-state index is 11.6. The molecule has 0 aromatic carbocycles. The molecule has 2 rings (SSSR count). The van der Waals surface area contributed by atoms with Gasteiger partial charge in [-0.25, -0.2) is 9.00 Å². The molecule has 1 aliphatic rings. The largest absolute Gasteiger partial charge is 0.475 e. The second kappa shape index (κ2) is 4.80. The minimum Gasteiger partial charge on any atom is -0.475 e. The number of rotatable bonds is 6. The quantitative estimate of drug-likeness (QED) is 0.820. The van der Waals surface area contributed by atoms with Crippen molar-refractivity contribution in [2.24, 2.45) is 5.92 Å². The Morgan fingerprint density at radius 3 is 2.88 bits per heavy atom. The molecule has 0 saturated heterocycles. The molecule has 0 aliphatic heterocycles. The molecule has 1 atom stereocenters. The summed E-state index contributed by atoms with van der Waals surface area (Å²) in [5.41, 5.74) is 0. The van der Waals surface area contributed by atoms with Crippen LogP contribution in [0.5, 0.6) is 0 Å². The van der Waals surface area contributed by atoms with Gasteiger partial charge in [-0.2, -0.15) is 0 Å². The van der Waals surface area contributed by atoms with Crippen molar-refractivity contribution in [2.75, 3.05) is 12.5 Å². The number of ether oxygens (including phenoxy) is 1. The smallest absolute Gasteiger partial charge is 0.371 e. The number of aromatic carboxylic acids is 1. The summed E-state index contributed by atoms with van der Waals surface area (Å²) in [4.78, 5) is 10.5. The standard InChI is InChI=1S/C10H12O5S/c11-10(12)8-3-4-9(15-8)16(13)6-14-5-7-1-2-7/h3-4,7H,1-2,5-6H2,(H,11,12). The molecule has 1 unspecified atom stereocenters. The zero-order valence-corrected chi connectivity index (χ0v) is 9.37. The minimum absolute atomic E-state index is 0.0586. The van der Waals surface area contributed by atoms with E-state index in [0.717, 1.165) is 0 Å². The molecule has 1 aromatic heterocycles. The van der Waals surface area contributed by atoms with Crippen molar-refractivity contribution in [1.29, 1.82) is 0 Å². The molecule has 0 bridgehead atoms. The topological polar surface area (TPSA) is 76.7 Å². The highest BCUT2D eigenvalue weighted by Gasteiger charge is 2.22. The molecule has 0 spiro atoms. The Hall–Kier alpha value is -1.14. The average molecular weight is 244 g/mol. The van der Waals surface area contributed by atoms with Crippen molar-refractivity contribution in [3.05, 3.63) is 17.9 Å². The van der Waals surface area contributed by atoms with Gasteiger partial charge in [0.15, 0.2) is 5.09 Å². The fourth-order valence-corrected chi connectivity index (χ4v) is 1.96. The zero-order valence-electron chi connectivity index (χ0n) is 8.55. The van der Waals surface area contributed by atoms with Gasteiger partial charge in [0.1, 0.15) is 16.7 Å². The van der Waals surface area contributed by atoms with Crippen LogP contribution in [0.15, 0.2) is 21.6 Å². The maximum absolute atomic E-state index is 11.6. The highest BCUT2D eigenvalue weighted by molar-refractivity contribution is 7.84. The normalized spacial score (nSPS) is 17.2. The van der Waals surface area contributed by atoms with Crippen LogP contribution in [-0.2, 0) is 15.5 Å².